The number of amides is 1. The number of methoxy groups -OCH3 is 1. The molecule has 150 valence electrons. The van der Waals surface area contributed by atoms with Gasteiger partial charge in [0.25, 0.3) is 0 Å². The first-order valence-corrected chi connectivity index (χ1v) is 10.3. The van der Waals surface area contributed by atoms with Crippen LogP contribution in [0, 0.1) is 0 Å². The van der Waals surface area contributed by atoms with Crippen LogP contribution in [-0.4, -0.2) is 39.4 Å². The van der Waals surface area contributed by atoms with Gasteiger partial charge in [0.15, 0.2) is 0 Å². The average Bonchev–Trinajstić information content (AvgIpc) is 2.74. The van der Waals surface area contributed by atoms with Gasteiger partial charge in [0.2, 0.25) is 5.91 Å². The van der Waals surface area contributed by atoms with Crippen LogP contribution in [0.25, 0.3) is 32.3 Å². The maximum absolute atomic E-state index is 12.0. The van der Waals surface area contributed by atoms with Crippen molar-refractivity contribution >= 4 is 38.2 Å². The maximum atomic E-state index is 12.0. The highest BCUT2D eigenvalue weighted by Crippen LogP contribution is 2.35. The number of hydrogen-bond donors (Lipinski definition) is 1. The Hall–Kier alpha value is -2.69. The summed E-state index contributed by atoms with van der Waals surface area (Å²) in [6.45, 7) is 2.20. The van der Waals surface area contributed by atoms with Crippen LogP contribution >= 0.6 is 0 Å². The van der Waals surface area contributed by atoms with E-state index in [0.717, 1.165) is 12.8 Å². The van der Waals surface area contributed by atoms with E-state index in [-0.39, 0.29) is 5.91 Å². The highest BCUT2D eigenvalue weighted by Gasteiger charge is 2.09. The maximum Gasteiger partial charge on any atom is 0.220 e. The van der Waals surface area contributed by atoms with Gasteiger partial charge >= 0.3 is 0 Å². The summed E-state index contributed by atoms with van der Waals surface area (Å²) in [5.74, 6) is 0.0815. The van der Waals surface area contributed by atoms with Gasteiger partial charge < -0.3 is 14.8 Å². The number of rotatable bonds is 10. The van der Waals surface area contributed by atoms with E-state index in [1.54, 1.807) is 7.11 Å². The minimum Gasteiger partial charge on any atom is -0.382 e. The van der Waals surface area contributed by atoms with Crippen molar-refractivity contribution in [3.8, 4) is 0 Å². The lowest BCUT2D eigenvalue weighted by atomic mass is 9.92. The molecule has 0 bridgehead atoms. The highest BCUT2D eigenvalue weighted by molar-refractivity contribution is 6.23. The smallest absolute Gasteiger partial charge is 0.220 e. The molecule has 1 N–H and O–H groups in total. The largest absolute Gasteiger partial charge is 0.382 e. The Morgan fingerprint density at radius 3 is 2.21 bits per heavy atom. The van der Waals surface area contributed by atoms with Gasteiger partial charge in [-0.2, -0.15) is 0 Å². The normalized spacial score (nSPS) is 11.6. The molecule has 0 heterocycles. The molecular formula is C25H27NO3. The van der Waals surface area contributed by atoms with Gasteiger partial charge in [-0.3, -0.25) is 4.79 Å². The molecule has 4 nitrogen and oxygen atoms in total. The van der Waals surface area contributed by atoms with Crippen LogP contribution in [0.2, 0.25) is 0 Å². The lowest BCUT2D eigenvalue weighted by Crippen LogP contribution is -2.27. The number of aryl methyl sites for hydroxylation is 1. The fraction of sp³-hybridized carbons (Fsp3) is 0.320. The number of nitrogens with one attached hydrogen (secondary N) is 1. The van der Waals surface area contributed by atoms with Crippen LogP contribution in [-0.2, 0) is 20.7 Å². The van der Waals surface area contributed by atoms with Gasteiger partial charge in [-0.15, -0.1) is 0 Å². The zero-order valence-corrected chi connectivity index (χ0v) is 16.9. The summed E-state index contributed by atoms with van der Waals surface area (Å²) in [6.07, 6.45) is 2.27. The molecule has 0 aliphatic rings. The molecule has 0 spiro atoms. The molecule has 0 atom stereocenters. The van der Waals surface area contributed by atoms with E-state index >= 15 is 0 Å². The van der Waals surface area contributed by atoms with Gasteiger partial charge in [0.05, 0.1) is 19.8 Å². The van der Waals surface area contributed by atoms with Crippen LogP contribution < -0.4 is 5.32 Å². The van der Waals surface area contributed by atoms with Crippen LogP contribution in [0.3, 0.4) is 0 Å². The molecule has 0 radical (unpaired) electrons. The Morgan fingerprint density at radius 2 is 1.52 bits per heavy atom. The number of ether oxygens (including phenoxy) is 2. The van der Waals surface area contributed by atoms with Crippen molar-refractivity contribution in [3.63, 3.8) is 0 Å². The van der Waals surface area contributed by atoms with Crippen molar-refractivity contribution in [2.24, 2.45) is 0 Å². The molecule has 0 saturated heterocycles. The van der Waals surface area contributed by atoms with Crippen molar-refractivity contribution in [2.45, 2.75) is 19.3 Å². The van der Waals surface area contributed by atoms with E-state index in [1.165, 1.54) is 37.9 Å². The molecule has 0 fully saturated rings. The van der Waals surface area contributed by atoms with Crippen molar-refractivity contribution in [3.05, 3.63) is 60.2 Å². The summed E-state index contributed by atoms with van der Waals surface area (Å²) in [5, 5.41) is 10.7. The summed E-state index contributed by atoms with van der Waals surface area (Å²) < 4.78 is 10.3. The van der Waals surface area contributed by atoms with Crippen LogP contribution in [0.1, 0.15) is 18.4 Å². The molecular weight excluding hydrogens is 362 g/mol. The lowest BCUT2D eigenvalue weighted by Gasteiger charge is -2.12. The third-order valence-electron chi connectivity index (χ3n) is 5.39. The molecule has 4 rings (SSSR count). The standard InChI is InChI=1S/C25H27NO3/c1-28-14-15-29-13-12-26-23(27)7-2-4-18-16-21-10-8-19-5-3-6-20-9-11-22(17-18)25(21)24(19)20/h3,5-6,8-11,16-17H,2,4,7,12-15H2,1H3,(H,26,27). The fourth-order valence-electron chi connectivity index (χ4n) is 4.01. The van der Waals surface area contributed by atoms with E-state index < -0.39 is 0 Å². The Balaban J connectivity index is 1.36. The van der Waals surface area contributed by atoms with Gasteiger partial charge in [-0.05, 0) is 50.7 Å². The minimum absolute atomic E-state index is 0.0815. The van der Waals surface area contributed by atoms with E-state index in [2.05, 4.69) is 59.9 Å². The molecule has 0 aliphatic heterocycles. The molecule has 29 heavy (non-hydrogen) atoms. The Labute approximate surface area is 171 Å². The molecule has 1 amide bonds. The average molecular weight is 389 g/mol. The van der Waals surface area contributed by atoms with E-state index in [1.807, 2.05) is 0 Å². The third-order valence-corrected chi connectivity index (χ3v) is 5.39. The molecule has 0 aromatic heterocycles. The molecule has 4 heteroatoms. The molecule has 0 saturated carbocycles. The second kappa shape index (κ2) is 9.21. The predicted molar refractivity (Wildman–Crippen MR) is 119 cm³/mol. The van der Waals surface area contributed by atoms with Crippen molar-refractivity contribution in [1.29, 1.82) is 0 Å². The fourth-order valence-corrected chi connectivity index (χ4v) is 4.01. The minimum atomic E-state index is 0.0815. The molecule has 0 aliphatic carbocycles. The number of benzene rings is 4. The Bertz CT molecular complexity index is 1040. The Morgan fingerprint density at radius 1 is 0.862 bits per heavy atom. The zero-order valence-electron chi connectivity index (χ0n) is 16.9. The van der Waals surface area contributed by atoms with E-state index in [9.17, 15) is 4.79 Å². The summed E-state index contributed by atoms with van der Waals surface area (Å²) in [6, 6.07) is 19.8. The molecule has 4 aromatic rings. The van der Waals surface area contributed by atoms with Crippen molar-refractivity contribution in [2.75, 3.05) is 33.5 Å². The number of carbonyl (C=O) groups is 1. The third kappa shape index (κ3) is 4.50. The number of carbonyl (C=O) groups excluding carboxylic acids is 1. The zero-order chi connectivity index (χ0) is 20.1. The topological polar surface area (TPSA) is 47.6 Å². The second-order valence-electron chi connectivity index (χ2n) is 7.44. The van der Waals surface area contributed by atoms with Crippen LogP contribution in [0.15, 0.2) is 54.6 Å². The van der Waals surface area contributed by atoms with Crippen LogP contribution in [0.5, 0.6) is 0 Å². The quantitative estimate of drug-likeness (QED) is 0.316. The van der Waals surface area contributed by atoms with Gasteiger partial charge in [-0.1, -0.05) is 54.6 Å². The lowest BCUT2D eigenvalue weighted by molar-refractivity contribution is -0.121. The monoisotopic (exact) mass is 389 g/mol. The van der Waals surface area contributed by atoms with Gasteiger partial charge in [-0.25, -0.2) is 0 Å². The second-order valence-corrected chi connectivity index (χ2v) is 7.44. The van der Waals surface area contributed by atoms with Gasteiger partial charge in [0.1, 0.15) is 0 Å². The van der Waals surface area contributed by atoms with E-state index in [0.29, 0.717) is 32.8 Å². The van der Waals surface area contributed by atoms with Crippen molar-refractivity contribution in [1.82, 2.24) is 5.32 Å². The summed E-state index contributed by atoms with van der Waals surface area (Å²) in [4.78, 5) is 12.0. The number of hydrogen-bond acceptors (Lipinski definition) is 3. The first-order valence-electron chi connectivity index (χ1n) is 10.3. The Kier molecular flexibility index (Phi) is 6.23. The molecule has 0 unspecified atom stereocenters. The van der Waals surface area contributed by atoms with Crippen LogP contribution in [0.4, 0.5) is 0 Å². The summed E-state index contributed by atoms with van der Waals surface area (Å²) in [7, 11) is 1.64. The summed E-state index contributed by atoms with van der Waals surface area (Å²) in [5.41, 5.74) is 1.28. The highest BCUT2D eigenvalue weighted by atomic mass is 16.5. The molecule has 4 aromatic carbocycles. The van der Waals surface area contributed by atoms with Crippen molar-refractivity contribution < 1.29 is 14.3 Å². The SMILES string of the molecule is COCCOCCNC(=O)CCCc1cc2ccc3cccc4ccc(c1)c2c34. The summed E-state index contributed by atoms with van der Waals surface area (Å²) >= 11 is 0. The predicted octanol–water partition coefficient (Wildman–Crippen LogP) is 4.69. The van der Waals surface area contributed by atoms with Gasteiger partial charge in [0, 0.05) is 20.1 Å². The van der Waals surface area contributed by atoms with E-state index in [4.69, 9.17) is 9.47 Å². The first-order chi connectivity index (χ1) is 14.3. The first kappa shape index (κ1) is 19.6.